The van der Waals surface area contributed by atoms with Crippen LogP contribution in [0.25, 0.3) is 0 Å². The number of ether oxygens (including phenoxy) is 5. The second-order valence-electron chi connectivity index (χ2n) is 7.59. The van der Waals surface area contributed by atoms with Crippen molar-refractivity contribution in [1.29, 1.82) is 0 Å². The highest BCUT2D eigenvalue weighted by atomic mass is 35.5. The van der Waals surface area contributed by atoms with Gasteiger partial charge in [0.15, 0.2) is 24.0 Å². The molecule has 0 aromatic heterocycles. The Balaban J connectivity index is 1.58. The van der Waals surface area contributed by atoms with Crippen LogP contribution in [0, 0.1) is 0 Å². The van der Waals surface area contributed by atoms with E-state index in [1.165, 1.54) is 0 Å². The van der Waals surface area contributed by atoms with Gasteiger partial charge in [-0.05, 0) is 45.9 Å². The summed E-state index contributed by atoms with van der Waals surface area (Å²) in [6.07, 6.45) is -3.16. The summed E-state index contributed by atoms with van der Waals surface area (Å²) in [7, 11) is 0. The van der Waals surface area contributed by atoms with Crippen LogP contribution in [0.15, 0.2) is 24.3 Å². The summed E-state index contributed by atoms with van der Waals surface area (Å²) in [4.78, 5) is 12.9. The molecule has 5 atom stereocenters. The molecular weight excluding hydrogens is 362 g/mol. The minimum absolute atomic E-state index is 0.352. The SMILES string of the molecule is CC1(C)O[C@@H]2O[C@H](C(=O)Nc3cccc(Cl)c3)[C@@H]3OC(C)(C)O[C@H]3[C@@H]2O1. The van der Waals surface area contributed by atoms with E-state index in [4.69, 9.17) is 35.3 Å². The monoisotopic (exact) mass is 383 g/mol. The third-order valence-corrected chi connectivity index (χ3v) is 4.74. The van der Waals surface area contributed by atoms with Gasteiger partial charge in [-0.15, -0.1) is 0 Å². The molecule has 3 fully saturated rings. The standard InChI is InChI=1S/C18H22ClNO6/c1-17(2)23-11-12(24-17)14-16(26-18(3,4)25-14)22-13(11)15(21)20-10-7-5-6-9(19)8-10/h5-8,11-14,16H,1-4H3,(H,20,21)/t11-,12-,13+,14+,16+/m1/s1. The lowest BCUT2D eigenvalue weighted by Gasteiger charge is -2.36. The van der Waals surface area contributed by atoms with Gasteiger partial charge in [-0.25, -0.2) is 0 Å². The summed E-state index contributed by atoms with van der Waals surface area (Å²) in [5.74, 6) is -2.03. The molecule has 142 valence electrons. The van der Waals surface area contributed by atoms with E-state index < -0.39 is 42.3 Å². The van der Waals surface area contributed by atoms with Crippen LogP contribution in [0.2, 0.25) is 5.02 Å². The van der Waals surface area contributed by atoms with Gasteiger partial charge in [0.1, 0.15) is 18.3 Å². The lowest BCUT2D eigenvalue weighted by molar-refractivity contribution is -0.229. The summed E-state index contributed by atoms with van der Waals surface area (Å²) in [6, 6.07) is 6.91. The maximum atomic E-state index is 12.9. The molecule has 8 heteroatoms. The highest BCUT2D eigenvalue weighted by Gasteiger charge is 2.62. The molecule has 1 aromatic carbocycles. The predicted molar refractivity (Wildman–Crippen MR) is 92.6 cm³/mol. The van der Waals surface area contributed by atoms with Crippen molar-refractivity contribution in [3.05, 3.63) is 29.3 Å². The van der Waals surface area contributed by atoms with Crippen molar-refractivity contribution >= 4 is 23.2 Å². The fourth-order valence-corrected chi connectivity index (χ4v) is 3.79. The largest absolute Gasteiger partial charge is 0.342 e. The molecule has 1 aromatic rings. The third-order valence-electron chi connectivity index (χ3n) is 4.51. The van der Waals surface area contributed by atoms with Crippen molar-refractivity contribution in [2.75, 3.05) is 5.32 Å². The molecule has 3 saturated heterocycles. The van der Waals surface area contributed by atoms with Crippen molar-refractivity contribution in [2.24, 2.45) is 0 Å². The number of halogens is 1. The van der Waals surface area contributed by atoms with Crippen LogP contribution in [0.1, 0.15) is 27.7 Å². The molecular formula is C18H22ClNO6. The Morgan fingerprint density at radius 1 is 1.00 bits per heavy atom. The maximum absolute atomic E-state index is 12.9. The van der Waals surface area contributed by atoms with E-state index in [0.29, 0.717) is 10.7 Å². The number of hydrogen-bond donors (Lipinski definition) is 1. The number of nitrogens with one attached hydrogen (secondary N) is 1. The first kappa shape index (κ1) is 18.2. The zero-order chi connectivity index (χ0) is 18.7. The molecule has 3 heterocycles. The Morgan fingerprint density at radius 3 is 2.38 bits per heavy atom. The first-order valence-electron chi connectivity index (χ1n) is 8.57. The Morgan fingerprint density at radius 2 is 1.65 bits per heavy atom. The molecule has 0 spiro atoms. The van der Waals surface area contributed by atoms with Crippen LogP contribution in [0.4, 0.5) is 5.69 Å². The zero-order valence-electron chi connectivity index (χ0n) is 15.0. The second kappa shape index (κ2) is 6.15. The smallest absolute Gasteiger partial charge is 0.256 e. The van der Waals surface area contributed by atoms with Crippen LogP contribution in [-0.4, -0.2) is 48.2 Å². The van der Waals surface area contributed by atoms with E-state index in [1.807, 2.05) is 0 Å². The van der Waals surface area contributed by atoms with Crippen LogP contribution in [-0.2, 0) is 28.5 Å². The first-order valence-corrected chi connectivity index (χ1v) is 8.95. The van der Waals surface area contributed by atoms with Gasteiger partial charge in [0.2, 0.25) is 0 Å². The zero-order valence-corrected chi connectivity index (χ0v) is 15.8. The van der Waals surface area contributed by atoms with Gasteiger partial charge >= 0.3 is 0 Å². The van der Waals surface area contributed by atoms with Crippen molar-refractivity contribution in [1.82, 2.24) is 0 Å². The average molecular weight is 384 g/mol. The Hall–Kier alpha value is -1.22. The van der Waals surface area contributed by atoms with Crippen LogP contribution < -0.4 is 5.32 Å². The lowest BCUT2D eigenvalue weighted by atomic mass is 9.98. The third kappa shape index (κ3) is 3.35. The maximum Gasteiger partial charge on any atom is 0.256 e. The molecule has 3 aliphatic rings. The van der Waals surface area contributed by atoms with Crippen LogP contribution in [0.5, 0.6) is 0 Å². The van der Waals surface area contributed by atoms with Gasteiger partial charge in [0.05, 0.1) is 0 Å². The van der Waals surface area contributed by atoms with Gasteiger partial charge < -0.3 is 29.0 Å². The molecule has 1 amide bonds. The summed E-state index contributed by atoms with van der Waals surface area (Å²) in [5, 5.41) is 3.34. The van der Waals surface area contributed by atoms with Gasteiger partial charge in [0, 0.05) is 10.7 Å². The number of fused-ring (bicyclic) bond motifs is 3. The fraction of sp³-hybridized carbons (Fsp3) is 0.611. The molecule has 0 saturated carbocycles. The molecule has 0 aliphatic carbocycles. The molecule has 1 N–H and O–H groups in total. The quantitative estimate of drug-likeness (QED) is 0.846. The molecule has 0 radical (unpaired) electrons. The molecule has 3 aliphatic heterocycles. The summed E-state index contributed by atoms with van der Waals surface area (Å²) in [5.41, 5.74) is 0.576. The molecule has 7 nitrogen and oxygen atoms in total. The highest BCUT2D eigenvalue weighted by Crippen LogP contribution is 2.44. The van der Waals surface area contributed by atoms with Crippen LogP contribution in [0.3, 0.4) is 0 Å². The van der Waals surface area contributed by atoms with Crippen molar-refractivity contribution in [2.45, 2.75) is 70.0 Å². The van der Waals surface area contributed by atoms with Gasteiger partial charge in [-0.1, -0.05) is 17.7 Å². The van der Waals surface area contributed by atoms with E-state index in [9.17, 15) is 4.79 Å². The lowest BCUT2D eigenvalue weighted by Crippen LogP contribution is -2.58. The number of carbonyl (C=O) groups is 1. The number of rotatable bonds is 2. The number of hydrogen-bond acceptors (Lipinski definition) is 6. The fourth-order valence-electron chi connectivity index (χ4n) is 3.60. The minimum Gasteiger partial charge on any atom is -0.342 e. The Kier molecular flexibility index (Phi) is 4.30. The second-order valence-corrected chi connectivity index (χ2v) is 8.03. The molecule has 4 rings (SSSR count). The minimum atomic E-state index is -0.903. The summed E-state index contributed by atoms with van der Waals surface area (Å²) >= 11 is 5.98. The molecule has 0 bridgehead atoms. The Bertz CT molecular complexity index is 723. The normalized spacial score (nSPS) is 37.0. The topological polar surface area (TPSA) is 75.3 Å². The summed E-state index contributed by atoms with van der Waals surface area (Å²) < 4.78 is 29.6. The van der Waals surface area contributed by atoms with Gasteiger partial charge in [-0.2, -0.15) is 0 Å². The van der Waals surface area contributed by atoms with E-state index >= 15 is 0 Å². The van der Waals surface area contributed by atoms with E-state index in [2.05, 4.69) is 5.32 Å². The van der Waals surface area contributed by atoms with Crippen molar-refractivity contribution in [3.8, 4) is 0 Å². The molecule has 0 unspecified atom stereocenters. The van der Waals surface area contributed by atoms with E-state index in [-0.39, 0.29) is 5.91 Å². The number of benzene rings is 1. The predicted octanol–water partition coefficient (Wildman–Crippen LogP) is 2.68. The van der Waals surface area contributed by atoms with Gasteiger partial charge in [-0.3, -0.25) is 4.79 Å². The first-order chi connectivity index (χ1) is 12.1. The van der Waals surface area contributed by atoms with Crippen molar-refractivity contribution in [3.63, 3.8) is 0 Å². The van der Waals surface area contributed by atoms with E-state index in [0.717, 1.165) is 0 Å². The highest BCUT2D eigenvalue weighted by molar-refractivity contribution is 6.30. The summed E-state index contributed by atoms with van der Waals surface area (Å²) in [6.45, 7) is 7.19. The number of anilines is 1. The van der Waals surface area contributed by atoms with Gasteiger partial charge in [0.25, 0.3) is 5.91 Å². The van der Waals surface area contributed by atoms with Crippen LogP contribution >= 0.6 is 11.6 Å². The average Bonchev–Trinajstić information content (AvgIpc) is 3.00. The molecule has 26 heavy (non-hydrogen) atoms. The van der Waals surface area contributed by atoms with E-state index in [1.54, 1.807) is 52.0 Å². The Labute approximate surface area is 156 Å². The number of amides is 1. The number of carbonyl (C=O) groups excluding carboxylic acids is 1. The van der Waals surface area contributed by atoms with Crippen molar-refractivity contribution < 1.29 is 28.5 Å².